The molecule has 1 atom stereocenters. The van der Waals surface area contributed by atoms with Gasteiger partial charge in [-0.05, 0) is 44.2 Å². The lowest BCUT2D eigenvalue weighted by Crippen LogP contribution is -2.51. The highest BCUT2D eigenvalue weighted by atomic mass is 16.5. The fourth-order valence-electron chi connectivity index (χ4n) is 5.49. The molecule has 1 spiro atoms. The zero-order valence-corrected chi connectivity index (χ0v) is 20.8. The molecule has 1 fully saturated rings. The number of likely N-dealkylation sites (tertiary alicyclic amines) is 1. The molecule has 4 heterocycles. The molecule has 1 N–H and O–H groups in total. The first-order valence-corrected chi connectivity index (χ1v) is 12.7. The highest BCUT2D eigenvalue weighted by Gasteiger charge is 2.43. The molecule has 2 aromatic carbocycles. The van der Waals surface area contributed by atoms with Gasteiger partial charge in [0.1, 0.15) is 17.0 Å². The minimum Gasteiger partial charge on any atom is -0.490 e. The number of aromatic nitrogens is 2. The van der Waals surface area contributed by atoms with Crippen LogP contribution in [0.2, 0.25) is 0 Å². The minimum atomic E-state index is -0.259. The van der Waals surface area contributed by atoms with Gasteiger partial charge in [0.05, 0.1) is 24.8 Å². The molecular formula is C28H32N4O4. The number of hydrogen-bond donors (Lipinski definition) is 1. The summed E-state index contributed by atoms with van der Waals surface area (Å²) >= 11 is 0. The van der Waals surface area contributed by atoms with Crippen LogP contribution < -0.4 is 19.5 Å². The van der Waals surface area contributed by atoms with Gasteiger partial charge in [0.15, 0.2) is 11.5 Å². The number of para-hydroxylation sites is 1. The normalized spacial score (nSPS) is 20.8. The molecule has 3 aliphatic rings. The summed E-state index contributed by atoms with van der Waals surface area (Å²) in [6.07, 6.45) is 5.26. The quantitative estimate of drug-likeness (QED) is 0.601. The smallest absolute Gasteiger partial charge is 0.255 e. The summed E-state index contributed by atoms with van der Waals surface area (Å²) in [7, 11) is 3.98. The van der Waals surface area contributed by atoms with Gasteiger partial charge >= 0.3 is 0 Å². The molecule has 3 aromatic rings. The molecule has 1 amide bonds. The monoisotopic (exact) mass is 488 g/mol. The zero-order valence-electron chi connectivity index (χ0n) is 20.8. The van der Waals surface area contributed by atoms with Crippen molar-refractivity contribution in [2.45, 2.75) is 37.3 Å². The van der Waals surface area contributed by atoms with Crippen LogP contribution in [-0.2, 0) is 7.05 Å². The second-order valence-corrected chi connectivity index (χ2v) is 10.1. The van der Waals surface area contributed by atoms with Crippen molar-refractivity contribution < 1.29 is 19.0 Å². The molecule has 0 bridgehead atoms. The van der Waals surface area contributed by atoms with E-state index in [1.54, 1.807) is 10.9 Å². The van der Waals surface area contributed by atoms with Gasteiger partial charge in [-0.2, -0.15) is 5.10 Å². The topological polar surface area (TPSA) is 77.9 Å². The van der Waals surface area contributed by atoms with Crippen LogP contribution >= 0.6 is 0 Å². The zero-order chi connectivity index (χ0) is 24.7. The van der Waals surface area contributed by atoms with E-state index in [4.69, 9.17) is 14.2 Å². The molecule has 1 unspecified atom stereocenters. The number of carbonyl (C=O) groups is 1. The third-order valence-corrected chi connectivity index (χ3v) is 7.49. The molecule has 0 aliphatic carbocycles. The van der Waals surface area contributed by atoms with E-state index < -0.39 is 0 Å². The van der Waals surface area contributed by atoms with Gasteiger partial charge in [-0.15, -0.1) is 0 Å². The molecule has 8 heteroatoms. The number of aryl methyl sites for hydroxylation is 1. The highest BCUT2D eigenvalue weighted by molar-refractivity contribution is 6.00. The number of amides is 1. The largest absolute Gasteiger partial charge is 0.490 e. The van der Waals surface area contributed by atoms with Crippen molar-refractivity contribution in [2.24, 2.45) is 7.05 Å². The van der Waals surface area contributed by atoms with Gasteiger partial charge in [-0.3, -0.25) is 9.48 Å². The predicted molar refractivity (Wildman–Crippen MR) is 136 cm³/mol. The third kappa shape index (κ3) is 4.30. The van der Waals surface area contributed by atoms with E-state index in [9.17, 15) is 4.79 Å². The van der Waals surface area contributed by atoms with Crippen molar-refractivity contribution in [3.05, 3.63) is 59.8 Å². The first-order valence-electron chi connectivity index (χ1n) is 12.7. The average Bonchev–Trinajstić information content (AvgIpc) is 3.12. The summed E-state index contributed by atoms with van der Waals surface area (Å²) in [5, 5.41) is 7.96. The van der Waals surface area contributed by atoms with Crippen LogP contribution in [0.4, 0.5) is 0 Å². The minimum absolute atomic E-state index is 0.136. The fourth-order valence-corrected chi connectivity index (χ4v) is 5.49. The Morgan fingerprint density at radius 1 is 1.03 bits per heavy atom. The number of benzene rings is 2. The second-order valence-electron chi connectivity index (χ2n) is 10.1. The number of fused-ring (bicyclic) bond motifs is 2. The summed E-state index contributed by atoms with van der Waals surface area (Å²) in [5.41, 5.74) is 2.75. The maximum absolute atomic E-state index is 13.7. The van der Waals surface area contributed by atoms with E-state index in [0.717, 1.165) is 61.4 Å². The Morgan fingerprint density at radius 3 is 2.64 bits per heavy atom. The number of nitrogens with one attached hydrogen (secondary N) is 1. The molecule has 8 nitrogen and oxygen atoms in total. The van der Waals surface area contributed by atoms with E-state index in [-0.39, 0.29) is 17.6 Å². The molecule has 0 radical (unpaired) electrons. The van der Waals surface area contributed by atoms with Gasteiger partial charge in [-0.1, -0.05) is 18.2 Å². The van der Waals surface area contributed by atoms with Crippen LogP contribution in [0.1, 0.15) is 47.6 Å². The summed E-state index contributed by atoms with van der Waals surface area (Å²) in [6.45, 7) is 3.21. The van der Waals surface area contributed by atoms with Crippen molar-refractivity contribution in [2.75, 3.05) is 33.4 Å². The Morgan fingerprint density at radius 2 is 1.81 bits per heavy atom. The molecule has 1 saturated heterocycles. The Hall–Kier alpha value is -3.52. The number of ether oxygens (including phenoxy) is 3. The second kappa shape index (κ2) is 9.17. The number of piperidine rings is 1. The lowest BCUT2D eigenvalue weighted by Gasteiger charge is -2.46. The Labute approximate surface area is 211 Å². The Kier molecular flexibility index (Phi) is 5.84. The number of nitrogens with zero attached hydrogens (tertiary/aromatic N) is 3. The van der Waals surface area contributed by atoms with Crippen LogP contribution in [0.15, 0.2) is 48.7 Å². The van der Waals surface area contributed by atoms with Crippen LogP contribution in [0, 0.1) is 0 Å². The van der Waals surface area contributed by atoms with Crippen molar-refractivity contribution in [1.29, 1.82) is 0 Å². The highest BCUT2D eigenvalue weighted by Crippen LogP contribution is 2.44. The van der Waals surface area contributed by atoms with E-state index in [2.05, 4.69) is 28.4 Å². The van der Waals surface area contributed by atoms with Crippen LogP contribution in [0.5, 0.6) is 17.2 Å². The lowest BCUT2D eigenvalue weighted by atomic mass is 9.80. The van der Waals surface area contributed by atoms with Crippen molar-refractivity contribution in [3.63, 3.8) is 0 Å². The molecule has 36 heavy (non-hydrogen) atoms. The average molecular weight is 489 g/mol. The van der Waals surface area contributed by atoms with Crippen LogP contribution in [-0.4, -0.2) is 59.5 Å². The summed E-state index contributed by atoms with van der Waals surface area (Å²) < 4.78 is 19.9. The number of rotatable bonds is 3. The first-order chi connectivity index (χ1) is 17.5. The lowest BCUT2D eigenvalue weighted by molar-refractivity contribution is -0.0195. The molecule has 6 rings (SSSR count). The summed E-state index contributed by atoms with van der Waals surface area (Å²) in [6, 6.07) is 13.7. The SMILES string of the molecule is CN1CCC2(CC1)CC(NC(=O)c1cn(C)nc1-c1ccc3c(c1)OCCCO3)c1ccccc1O2. The molecule has 0 saturated carbocycles. The van der Waals surface area contributed by atoms with Crippen molar-refractivity contribution in [3.8, 4) is 28.5 Å². The maximum atomic E-state index is 13.7. The predicted octanol–water partition coefficient (Wildman–Crippen LogP) is 3.97. The standard InChI is InChI=1S/C28H32N4O4/c1-31-12-10-28(11-13-31)17-22(20-6-3-4-7-23(20)36-28)29-27(33)21-18-32(2)30-26(21)19-8-9-24-25(16-19)35-15-5-14-34-24/h3-4,6-9,16,18,22H,5,10-15,17H2,1-2H3,(H,29,33). The van der Waals surface area contributed by atoms with E-state index in [0.29, 0.717) is 30.2 Å². The molecule has 1 aromatic heterocycles. The first kappa shape index (κ1) is 22.9. The van der Waals surface area contributed by atoms with Crippen molar-refractivity contribution in [1.82, 2.24) is 20.0 Å². The van der Waals surface area contributed by atoms with E-state index >= 15 is 0 Å². The Balaban J connectivity index is 1.30. The Bertz CT molecular complexity index is 1280. The summed E-state index contributed by atoms with van der Waals surface area (Å²) in [5.74, 6) is 2.13. The van der Waals surface area contributed by atoms with Gasteiger partial charge < -0.3 is 24.4 Å². The molecule has 3 aliphatic heterocycles. The van der Waals surface area contributed by atoms with E-state index in [1.165, 1.54) is 0 Å². The van der Waals surface area contributed by atoms with E-state index in [1.807, 2.05) is 43.4 Å². The van der Waals surface area contributed by atoms with Crippen LogP contribution in [0.25, 0.3) is 11.3 Å². The van der Waals surface area contributed by atoms with Gasteiger partial charge in [-0.25, -0.2) is 0 Å². The summed E-state index contributed by atoms with van der Waals surface area (Å²) in [4.78, 5) is 16.1. The number of carbonyl (C=O) groups excluding carboxylic acids is 1. The third-order valence-electron chi connectivity index (χ3n) is 7.49. The number of hydrogen-bond acceptors (Lipinski definition) is 6. The van der Waals surface area contributed by atoms with Crippen LogP contribution in [0.3, 0.4) is 0 Å². The van der Waals surface area contributed by atoms with Crippen molar-refractivity contribution >= 4 is 5.91 Å². The fraction of sp³-hybridized carbons (Fsp3) is 0.429. The van der Waals surface area contributed by atoms with Gasteiger partial charge in [0, 0.05) is 50.3 Å². The van der Waals surface area contributed by atoms with Gasteiger partial charge in [0.2, 0.25) is 0 Å². The molecule has 188 valence electrons. The molecular weight excluding hydrogens is 456 g/mol. The van der Waals surface area contributed by atoms with Gasteiger partial charge in [0.25, 0.3) is 5.91 Å². The maximum Gasteiger partial charge on any atom is 0.255 e.